The molecule has 0 saturated carbocycles. The zero-order valence-corrected chi connectivity index (χ0v) is 28.6. The van der Waals surface area contributed by atoms with Crippen molar-refractivity contribution in [2.75, 3.05) is 37.1 Å². The van der Waals surface area contributed by atoms with Crippen LogP contribution in [0.15, 0.2) is 15.1 Å². The van der Waals surface area contributed by atoms with Crippen LogP contribution >= 0.6 is 28.7 Å². The molecule has 0 bridgehead atoms. The Labute approximate surface area is 267 Å². The zero-order valence-electron chi connectivity index (χ0n) is 24.4. The summed E-state index contributed by atoms with van der Waals surface area (Å²) in [5, 5.41) is 0. The summed E-state index contributed by atoms with van der Waals surface area (Å²) >= 11 is 6.72. The summed E-state index contributed by atoms with van der Waals surface area (Å²) in [6, 6.07) is -0.372. The number of thiol groups is 1. The predicted molar refractivity (Wildman–Crippen MR) is 171 cm³/mol. The second-order valence-corrected chi connectivity index (χ2v) is 15.5. The SMILES string of the molecule is CC1C(=O)N(C)Cc2c(Br)nc(C3CCS(=O)CC3)n21.CC1C(=O)N(C)Cc2cnc(C3CCS(=O)CC3)n21.[B]=NS. The van der Waals surface area contributed by atoms with Gasteiger partial charge in [-0.25, -0.2) is 9.97 Å². The van der Waals surface area contributed by atoms with Crippen molar-refractivity contribution in [1.82, 2.24) is 28.9 Å². The number of hydrogen-bond donors (Lipinski definition) is 1. The first kappa shape index (κ1) is 33.3. The molecule has 42 heavy (non-hydrogen) atoms. The molecule has 2 fully saturated rings. The Morgan fingerprint density at radius 1 is 0.881 bits per heavy atom. The molecule has 229 valence electrons. The quantitative estimate of drug-likeness (QED) is 0.380. The van der Waals surface area contributed by atoms with Crippen molar-refractivity contribution < 1.29 is 18.0 Å². The van der Waals surface area contributed by atoms with E-state index in [2.05, 4.69) is 59.8 Å². The van der Waals surface area contributed by atoms with Crippen molar-refractivity contribution in [3.63, 3.8) is 0 Å². The second kappa shape index (κ2) is 14.4. The van der Waals surface area contributed by atoms with E-state index in [4.69, 9.17) is 0 Å². The van der Waals surface area contributed by atoms with Crippen LogP contribution in [0.25, 0.3) is 0 Å². The first-order chi connectivity index (χ1) is 20.0. The van der Waals surface area contributed by atoms with E-state index in [0.717, 1.165) is 76.3 Å². The average molecular weight is 700 g/mol. The van der Waals surface area contributed by atoms with Crippen LogP contribution in [-0.4, -0.2) is 93.9 Å². The molecule has 2 saturated heterocycles. The number of nitrogens with zero attached hydrogens (tertiary/aromatic N) is 7. The molecule has 6 heterocycles. The monoisotopic (exact) mass is 698 g/mol. The van der Waals surface area contributed by atoms with Crippen molar-refractivity contribution in [1.29, 1.82) is 0 Å². The summed E-state index contributed by atoms with van der Waals surface area (Å²) in [5.41, 5.74) is 2.18. The number of halogens is 1. The Morgan fingerprint density at radius 3 is 1.86 bits per heavy atom. The molecule has 0 N–H and O–H groups in total. The molecule has 11 nitrogen and oxygen atoms in total. The molecule has 0 aromatic carbocycles. The van der Waals surface area contributed by atoms with E-state index in [0.29, 0.717) is 24.9 Å². The van der Waals surface area contributed by atoms with E-state index in [1.165, 1.54) is 0 Å². The van der Waals surface area contributed by atoms with E-state index < -0.39 is 21.6 Å². The summed E-state index contributed by atoms with van der Waals surface area (Å²) in [5.74, 6) is 5.94. The standard InChI is InChI=1S/C13H18BrN3O2S.C13H19N3O2S.BHNS/c1-8-13(18)16(2)7-10-11(14)15-12(17(8)10)9-3-5-20(19)6-4-9;1-9-13(17)15(2)8-11-7-14-12(16(9)11)10-3-5-19(18)6-4-10;1-2-3/h8-9H,3-7H2,1-2H3;7,9-10H,3-6,8H2,1-2H3;3H. The van der Waals surface area contributed by atoms with Gasteiger partial charge in [-0.15, -0.1) is 0 Å². The van der Waals surface area contributed by atoms with Gasteiger partial charge in [-0.3, -0.25) is 18.0 Å². The van der Waals surface area contributed by atoms with Crippen LogP contribution in [0.1, 0.15) is 86.5 Å². The Morgan fingerprint density at radius 2 is 1.33 bits per heavy atom. The van der Waals surface area contributed by atoms with Crippen molar-refractivity contribution in [3.8, 4) is 0 Å². The predicted octanol–water partition coefficient (Wildman–Crippen LogP) is 3.03. The van der Waals surface area contributed by atoms with Crippen LogP contribution in [0.3, 0.4) is 0 Å². The molecule has 0 aliphatic carbocycles. The van der Waals surface area contributed by atoms with E-state index >= 15 is 0 Å². The van der Waals surface area contributed by atoms with Gasteiger partial charge in [-0.2, -0.15) is 0 Å². The van der Waals surface area contributed by atoms with E-state index in [-0.39, 0.29) is 23.9 Å². The van der Waals surface area contributed by atoms with Gasteiger partial charge < -0.3 is 18.9 Å². The molecule has 4 aliphatic heterocycles. The van der Waals surface area contributed by atoms with Crippen LogP contribution in [0.2, 0.25) is 0 Å². The van der Waals surface area contributed by atoms with Gasteiger partial charge in [0, 0.05) is 70.5 Å². The van der Waals surface area contributed by atoms with Gasteiger partial charge in [0.1, 0.15) is 28.3 Å². The maximum absolute atomic E-state index is 12.2. The summed E-state index contributed by atoms with van der Waals surface area (Å²) < 4.78 is 30.7. The number of rotatable bonds is 2. The summed E-state index contributed by atoms with van der Waals surface area (Å²) in [7, 11) is 6.66. The van der Waals surface area contributed by atoms with Gasteiger partial charge in [0.05, 0.1) is 30.7 Å². The minimum absolute atomic E-state index is 0.128. The molecule has 6 rings (SSSR count). The van der Waals surface area contributed by atoms with Gasteiger partial charge in [-0.05, 0) is 55.5 Å². The number of carbonyl (C=O) groups is 2. The molecule has 0 spiro atoms. The minimum atomic E-state index is -0.675. The Hall–Kier alpha value is -1.65. The molecule has 4 aliphatic rings. The number of imidazole rings is 2. The summed E-state index contributed by atoms with van der Waals surface area (Å²) in [6.07, 6.45) is 5.51. The number of amides is 2. The number of fused-ring (bicyclic) bond motifs is 2. The van der Waals surface area contributed by atoms with Crippen LogP contribution in [-0.2, 0) is 44.3 Å². The zero-order chi connectivity index (χ0) is 30.7. The van der Waals surface area contributed by atoms with Crippen molar-refractivity contribution >= 4 is 69.8 Å². The van der Waals surface area contributed by atoms with E-state index in [1.54, 1.807) is 9.80 Å². The fraction of sp³-hybridized carbons (Fsp3) is 0.692. The number of carbonyl (C=O) groups excluding carboxylic acids is 2. The first-order valence-corrected chi connectivity index (χ1v) is 18.2. The van der Waals surface area contributed by atoms with Crippen LogP contribution in [0.4, 0.5) is 0 Å². The van der Waals surface area contributed by atoms with Crippen LogP contribution < -0.4 is 0 Å². The molecular formula is C26H38BBrN7O4S3. The van der Waals surface area contributed by atoms with Gasteiger partial charge >= 0.3 is 24.8 Å². The van der Waals surface area contributed by atoms with Crippen molar-refractivity contribution in [2.24, 2.45) is 4.30 Å². The van der Waals surface area contributed by atoms with Crippen molar-refractivity contribution in [2.45, 2.75) is 76.5 Å². The maximum atomic E-state index is 12.2. The number of hydrogen-bond acceptors (Lipinski definition) is 8. The molecule has 2 aromatic rings. The first-order valence-electron chi connectivity index (χ1n) is 14.0. The molecule has 2 aromatic heterocycles. The molecular weight excluding hydrogens is 661 g/mol. The van der Waals surface area contributed by atoms with Gasteiger partial charge in [-0.1, -0.05) is 0 Å². The molecule has 2 atom stereocenters. The molecule has 2 amide bonds. The summed E-state index contributed by atoms with van der Waals surface area (Å²) in [6.45, 7) is 5.10. The third kappa shape index (κ3) is 7.01. The fourth-order valence-electron chi connectivity index (χ4n) is 6.18. The Kier molecular flexibility index (Phi) is 11.4. The average Bonchev–Trinajstić information content (AvgIpc) is 3.53. The summed E-state index contributed by atoms with van der Waals surface area (Å²) in [4.78, 5) is 37.0. The van der Waals surface area contributed by atoms with Gasteiger partial charge in [0.25, 0.3) is 0 Å². The van der Waals surface area contributed by atoms with E-state index in [1.807, 2.05) is 34.1 Å². The van der Waals surface area contributed by atoms with E-state index in [9.17, 15) is 18.0 Å². The van der Waals surface area contributed by atoms with Gasteiger partial charge in [0.2, 0.25) is 11.8 Å². The number of aromatic nitrogens is 4. The fourth-order valence-corrected chi connectivity index (χ4v) is 9.28. The van der Waals surface area contributed by atoms with Crippen LogP contribution in [0, 0.1) is 0 Å². The normalized spacial score (nSPS) is 29.0. The second-order valence-electron chi connectivity index (χ2n) is 11.2. The number of likely N-dealkylation sites (N-methyl/N-ethyl adjacent to an activating group) is 2. The van der Waals surface area contributed by atoms with Crippen molar-refractivity contribution in [3.05, 3.63) is 33.8 Å². The van der Waals surface area contributed by atoms with Crippen LogP contribution in [0.5, 0.6) is 0 Å². The molecule has 1 radical (unpaired) electrons. The Bertz CT molecular complexity index is 1370. The topological polar surface area (TPSA) is 123 Å². The Balaban J connectivity index is 0.000000177. The molecule has 16 heteroatoms. The molecule has 2 unspecified atom stereocenters. The third-order valence-corrected chi connectivity index (χ3v) is 11.8. The third-order valence-electron chi connectivity index (χ3n) is 8.42. The van der Waals surface area contributed by atoms with Gasteiger partial charge in [0.15, 0.2) is 0 Å².